The molecule has 0 aromatic carbocycles. The van der Waals surface area contributed by atoms with Crippen LogP contribution in [-0.4, -0.2) is 0 Å². The molecule has 0 N–H and O–H groups in total. The number of hydrogen-bond donors (Lipinski definition) is 0. The Hall–Kier alpha value is -0.297. The second kappa shape index (κ2) is 12.3. The van der Waals surface area contributed by atoms with Crippen LogP contribution in [-0.2, 0) is 26.2 Å². The van der Waals surface area contributed by atoms with E-state index >= 15 is 0 Å². The van der Waals surface area contributed by atoms with Crippen molar-refractivity contribution < 1.29 is 35.6 Å². The molecule has 0 heterocycles. The molecule has 116 valence electrons. The second-order valence-electron chi connectivity index (χ2n) is 5.44. The minimum Gasteiger partial charge on any atom is -1.00 e. The molecule has 0 fully saturated rings. The van der Waals surface area contributed by atoms with Crippen molar-refractivity contribution in [2.75, 3.05) is 0 Å². The predicted molar refractivity (Wildman–Crippen MR) is 80.0 cm³/mol. The molecule has 2 aliphatic carbocycles. The zero-order chi connectivity index (χ0) is 13.6. The van der Waals surface area contributed by atoms with Gasteiger partial charge in [-0.1, -0.05) is 52.4 Å². The first-order valence-electron chi connectivity index (χ1n) is 7.03. The van der Waals surface area contributed by atoms with Crippen molar-refractivity contribution in [1.82, 2.24) is 0 Å². The standard InChI is InChI=1S/C13H21.C5H5.2FH.Zr/c1-6-7-8-13(5)9-10(2)11(3)12(13)4;1-2-4-5-3-1;;;/h6-8H2,1-5H3;1-3H,4H2;2*1H;/q2*-1;;;+4/p-2. The van der Waals surface area contributed by atoms with Crippen molar-refractivity contribution in [2.24, 2.45) is 5.41 Å². The van der Waals surface area contributed by atoms with Crippen LogP contribution in [0.2, 0.25) is 0 Å². The van der Waals surface area contributed by atoms with Crippen LogP contribution in [0.1, 0.15) is 60.3 Å². The zero-order valence-corrected chi connectivity index (χ0v) is 16.3. The Morgan fingerprint density at radius 2 is 1.81 bits per heavy atom. The number of hydrogen-bond acceptors (Lipinski definition) is 0. The summed E-state index contributed by atoms with van der Waals surface area (Å²) in [6.07, 6.45) is 17.4. The van der Waals surface area contributed by atoms with E-state index < -0.39 is 0 Å². The third-order valence-electron chi connectivity index (χ3n) is 4.03. The van der Waals surface area contributed by atoms with Crippen LogP contribution in [0.15, 0.2) is 34.9 Å². The molecule has 2 rings (SSSR count). The summed E-state index contributed by atoms with van der Waals surface area (Å²) in [7, 11) is 0. The van der Waals surface area contributed by atoms with Crippen molar-refractivity contribution in [3.63, 3.8) is 0 Å². The third kappa shape index (κ3) is 7.50. The fraction of sp³-hybridized carbons (Fsp3) is 0.556. The Kier molecular flexibility index (Phi) is 15.0. The van der Waals surface area contributed by atoms with E-state index in [9.17, 15) is 0 Å². The second-order valence-corrected chi connectivity index (χ2v) is 5.44. The van der Waals surface area contributed by atoms with Crippen molar-refractivity contribution in [1.29, 1.82) is 0 Å². The van der Waals surface area contributed by atoms with Crippen molar-refractivity contribution in [3.8, 4) is 0 Å². The molecule has 3 heteroatoms. The summed E-state index contributed by atoms with van der Waals surface area (Å²) in [5.74, 6) is 0. The SMILES string of the molecule is CCCCC1(C)[C-]=C(C)C(C)=C1C.[C-]1=CC=CC1.[F-].[F-].[Zr+4]. The maximum atomic E-state index is 3.61. The summed E-state index contributed by atoms with van der Waals surface area (Å²) in [5.41, 5.74) is 4.58. The van der Waals surface area contributed by atoms with Gasteiger partial charge in [0, 0.05) is 0 Å². The fourth-order valence-electron chi connectivity index (χ4n) is 2.42. The van der Waals surface area contributed by atoms with Gasteiger partial charge in [-0.2, -0.15) is 17.2 Å². The first kappa shape index (κ1) is 25.6. The number of unbranched alkanes of at least 4 members (excludes halogenated alkanes) is 1. The van der Waals surface area contributed by atoms with Gasteiger partial charge in [0.25, 0.3) is 0 Å². The van der Waals surface area contributed by atoms with E-state index in [0.717, 1.165) is 6.42 Å². The Bertz CT molecular complexity index is 395. The van der Waals surface area contributed by atoms with E-state index in [1.54, 1.807) is 0 Å². The third-order valence-corrected chi connectivity index (χ3v) is 4.03. The summed E-state index contributed by atoms with van der Waals surface area (Å²) >= 11 is 0. The zero-order valence-electron chi connectivity index (χ0n) is 13.8. The van der Waals surface area contributed by atoms with E-state index in [0.29, 0.717) is 0 Å². The molecular weight excluding hydrogens is 345 g/mol. The Labute approximate surface area is 148 Å². The van der Waals surface area contributed by atoms with Gasteiger partial charge in [-0.15, -0.1) is 13.3 Å². The van der Waals surface area contributed by atoms with Crippen LogP contribution in [0, 0.1) is 17.6 Å². The van der Waals surface area contributed by atoms with E-state index in [1.807, 2.05) is 12.2 Å². The summed E-state index contributed by atoms with van der Waals surface area (Å²) in [6, 6.07) is 0. The van der Waals surface area contributed by atoms with Crippen LogP contribution >= 0.6 is 0 Å². The smallest absolute Gasteiger partial charge is 1.00 e. The number of halogens is 2. The Balaban J connectivity index is -0.000000349. The van der Waals surface area contributed by atoms with Crippen LogP contribution in [0.5, 0.6) is 0 Å². The topological polar surface area (TPSA) is 0 Å². The van der Waals surface area contributed by atoms with Gasteiger partial charge in [0.05, 0.1) is 0 Å². The minimum absolute atomic E-state index is 0. The molecule has 2 aliphatic rings. The summed E-state index contributed by atoms with van der Waals surface area (Å²) < 4.78 is 0. The van der Waals surface area contributed by atoms with E-state index in [2.05, 4.69) is 52.8 Å². The van der Waals surface area contributed by atoms with E-state index in [1.165, 1.54) is 36.0 Å². The van der Waals surface area contributed by atoms with Gasteiger partial charge in [-0.25, -0.2) is 17.7 Å². The molecule has 0 radical (unpaired) electrons. The molecule has 0 aliphatic heterocycles. The molecule has 0 amide bonds. The largest absolute Gasteiger partial charge is 4.00 e. The minimum atomic E-state index is 0. The molecule has 0 aromatic heterocycles. The maximum absolute atomic E-state index is 3.61. The quantitative estimate of drug-likeness (QED) is 0.592. The van der Waals surface area contributed by atoms with Crippen molar-refractivity contribution in [3.05, 3.63) is 47.1 Å². The summed E-state index contributed by atoms with van der Waals surface area (Å²) in [5, 5.41) is 0. The predicted octanol–water partition coefficient (Wildman–Crippen LogP) is -0.406. The van der Waals surface area contributed by atoms with Crippen LogP contribution in [0.25, 0.3) is 0 Å². The average molecular weight is 372 g/mol. The van der Waals surface area contributed by atoms with Gasteiger partial charge in [0.1, 0.15) is 0 Å². The maximum Gasteiger partial charge on any atom is 4.00 e. The van der Waals surface area contributed by atoms with E-state index in [-0.39, 0.29) is 41.0 Å². The van der Waals surface area contributed by atoms with Crippen LogP contribution < -0.4 is 9.41 Å². The molecule has 0 saturated carbocycles. The van der Waals surface area contributed by atoms with Crippen molar-refractivity contribution >= 4 is 0 Å². The normalized spacial score (nSPS) is 21.7. The first-order valence-corrected chi connectivity index (χ1v) is 7.03. The fourth-order valence-corrected chi connectivity index (χ4v) is 2.42. The molecule has 1 atom stereocenters. The molecule has 1 unspecified atom stereocenters. The number of allylic oxidation sites excluding steroid dienone is 8. The average Bonchev–Trinajstić information content (AvgIpc) is 2.97. The number of rotatable bonds is 3. The van der Waals surface area contributed by atoms with Gasteiger partial charge >= 0.3 is 26.2 Å². The van der Waals surface area contributed by atoms with E-state index in [4.69, 9.17) is 0 Å². The molecule has 0 aromatic rings. The summed E-state index contributed by atoms with van der Waals surface area (Å²) in [6.45, 7) is 11.2. The summed E-state index contributed by atoms with van der Waals surface area (Å²) in [4.78, 5) is 0. The molecule has 0 nitrogen and oxygen atoms in total. The molecule has 0 spiro atoms. The van der Waals surface area contributed by atoms with Crippen molar-refractivity contribution in [2.45, 2.75) is 60.3 Å². The Morgan fingerprint density at radius 1 is 1.19 bits per heavy atom. The Morgan fingerprint density at radius 3 is 2.10 bits per heavy atom. The van der Waals surface area contributed by atoms with Gasteiger partial charge in [0.15, 0.2) is 0 Å². The molecule has 21 heavy (non-hydrogen) atoms. The molecule has 0 bridgehead atoms. The first-order chi connectivity index (χ1) is 8.51. The van der Waals surface area contributed by atoms with Gasteiger partial charge < -0.3 is 9.41 Å². The van der Waals surface area contributed by atoms with Gasteiger partial charge in [-0.05, 0) is 0 Å². The molecule has 0 saturated heterocycles. The van der Waals surface area contributed by atoms with Gasteiger partial charge in [-0.3, -0.25) is 12.2 Å². The molecular formula is C18H26F2Zr. The van der Waals surface area contributed by atoms with Crippen LogP contribution in [0.3, 0.4) is 0 Å². The van der Waals surface area contributed by atoms with Crippen LogP contribution in [0.4, 0.5) is 0 Å². The monoisotopic (exact) mass is 370 g/mol. The van der Waals surface area contributed by atoms with Gasteiger partial charge in [0.2, 0.25) is 0 Å².